The lowest BCUT2D eigenvalue weighted by Crippen LogP contribution is -2.12. The van der Waals surface area contributed by atoms with Crippen molar-refractivity contribution in [2.24, 2.45) is 0 Å². The molecule has 3 nitrogen and oxygen atoms in total. The summed E-state index contributed by atoms with van der Waals surface area (Å²) in [5.41, 5.74) is 0.105. The number of amides is 1. The van der Waals surface area contributed by atoms with Gasteiger partial charge in [-0.1, -0.05) is 22.4 Å². The van der Waals surface area contributed by atoms with Crippen molar-refractivity contribution >= 4 is 27.5 Å². The molecule has 0 atom stereocenters. The molecule has 0 radical (unpaired) electrons. The van der Waals surface area contributed by atoms with E-state index in [9.17, 15) is 9.18 Å². The van der Waals surface area contributed by atoms with Gasteiger partial charge in [-0.2, -0.15) is 0 Å². The molecule has 0 unspecified atom stereocenters. The Morgan fingerprint density at radius 3 is 2.76 bits per heavy atom. The van der Waals surface area contributed by atoms with Crippen molar-refractivity contribution in [1.82, 2.24) is 0 Å². The first-order chi connectivity index (χ1) is 8.13. The van der Waals surface area contributed by atoms with Crippen molar-refractivity contribution in [3.05, 3.63) is 24.0 Å². The Morgan fingerprint density at radius 1 is 1.35 bits per heavy atom. The average Bonchev–Trinajstić information content (AvgIpc) is 2.28. The molecule has 0 bridgehead atoms. The second-order valence-corrected chi connectivity index (χ2v) is 4.50. The number of hydrogen-bond acceptors (Lipinski definition) is 2. The summed E-state index contributed by atoms with van der Waals surface area (Å²) in [6.45, 7) is 0. The van der Waals surface area contributed by atoms with Crippen LogP contribution in [0, 0.1) is 5.82 Å². The molecule has 1 amide bonds. The molecule has 0 aliphatic heterocycles. The molecule has 0 heterocycles. The van der Waals surface area contributed by atoms with E-state index in [0.29, 0.717) is 6.42 Å². The Morgan fingerprint density at radius 2 is 2.12 bits per heavy atom. The third-order valence-corrected chi connectivity index (χ3v) is 2.82. The average molecular weight is 304 g/mol. The number of alkyl halides is 1. The van der Waals surface area contributed by atoms with Crippen LogP contribution in [-0.2, 0) is 4.79 Å². The maximum absolute atomic E-state index is 13.3. The van der Waals surface area contributed by atoms with Crippen molar-refractivity contribution in [1.29, 1.82) is 0 Å². The number of benzene rings is 1. The fraction of sp³-hybridized carbons (Fsp3) is 0.417. The molecule has 0 saturated heterocycles. The number of phenolic OH excluding ortho intramolecular Hbond substituents is 1. The summed E-state index contributed by atoms with van der Waals surface area (Å²) in [5, 5.41) is 12.4. The van der Waals surface area contributed by atoms with Gasteiger partial charge in [-0.05, 0) is 25.0 Å². The largest absolute Gasteiger partial charge is 0.508 e. The van der Waals surface area contributed by atoms with Crippen molar-refractivity contribution in [2.45, 2.75) is 25.7 Å². The van der Waals surface area contributed by atoms with Crippen LogP contribution in [0.4, 0.5) is 10.1 Å². The van der Waals surface area contributed by atoms with Gasteiger partial charge in [0.1, 0.15) is 11.6 Å². The molecule has 17 heavy (non-hydrogen) atoms. The smallest absolute Gasteiger partial charge is 0.224 e. The molecule has 94 valence electrons. The van der Waals surface area contributed by atoms with E-state index in [-0.39, 0.29) is 17.3 Å². The Bertz CT molecular complexity index is 385. The fourth-order valence-electron chi connectivity index (χ4n) is 1.37. The van der Waals surface area contributed by atoms with E-state index < -0.39 is 5.82 Å². The van der Waals surface area contributed by atoms with Gasteiger partial charge in [0.15, 0.2) is 0 Å². The van der Waals surface area contributed by atoms with E-state index in [1.54, 1.807) is 0 Å². The summed E-state index contributed by atoms with van der Waals surface area (Å²) in [4.78, 5) is 11.5. The van der Waals surface area contributed by atoms with Gasteiger partial charge in [-0.25, -0.2) is 4.39 Å². The summed E-state index contributed by atoms with van der Waals surface area (Å²) in [6.07, 6.45) is 3.17. The van der Waals surface area contributed by atoms with E-state index in [1.165, 1.54) is 12.1 Å². The van der Waals surface area contributed by atoms with Crippen LogP contribution >= 0.6 is 15.9 Å². The number of aromatic hydroxyl groups is 1. The Balaban J connectivity index is 2.40. The number of carbonyl (C=O) groups excluding carboxylic acids is 1. The fourth-order valence-corrected chi connectivity index (χ4v) is 1.77. The molecule has 5 heteroatoms. The number of anilines is 1. The third-order valence-electron chi connectivity index (χ3n) is 2.26. The molecule has 1 rings (SSSR count). The standard InChI is InChI=1S/C12H15BrFNO2/c13-7-3-1-2-4-12(17)15-11-6-5-9(16)8-10(11)14/h5-6,8,16H,1-4,7H2,(H,15,17). The molecule has 1 aromatic rings. The number of unbranched alkanes of at least 4 members (excludes halogenated alkanes) is 2. The van der Waals surface area contributed by atoms with Crippen LogP contribution in [0.3, 0.4) is 0 Å². The molecule has 1 aromatic carbocycles. The first kappa shape index (κ1) is 14.0. The van der Waals surface area contributed by atoms with E-state index in [4.69, 9.17) is 5.11 Å². The highest BCUT2D eigenvalue weighted by Crippen LogP contribution is 2.19. The van der Waals surface area contributed by atoms with Gasteiger partial charge in [-0.15, -0.1) is 0 Å². The highest BCUT2D eigenvalue weighted by Gasteiger charge is 2.07. The van der Waals surface area contributed by atoms with Crippen LogP contribution in [0.15, 0.2) is 18.2 Å². The van der Waals surface area contributed by atoms with Gasteiger partial charge in [-0.3, -0.25) is 4.79 Å². The SMILES string of the molecule is O=C(CCCCCBr)Nc1ccc(O)cc1F. The summed E-state index contributed by atoms with van der Waals surface area (Å²) in [5.74, 6) is -0.985. The lowest BCUT2D eigenvalue weighted by atomic mass is 10.2. The van der Waals surface area contributed by atoms with E-state index in [2.05, 4.69) is 21.2 Å². The molecule has 0 aromatic heterocycles. The second kappa shape index (κ2) is 7.27. The van der Waals surface area contributed by atoms with Gasteiger partial charge >= 0.3 is 0 Å². The summed E-state index contributed by atoms with van der Waals surface area (Å²) in [7, 11) is 0. The maximum atomic E-state index is 13.3. The Kier molecular flexibility index (Phi) is 5.97. The highest BCUT2D eigenvalue weighted by molar-refractivity contribution is 9.09. The molecular formula is C12H15BrFNO2. The third kappa shape index (κ3) is 5.17. The molecule has 0 aliphatic rings. The maximum Gasteiger partial charge on any atom is 0.224 e. The Hall–Kier alpha value is -1.10. The first-order valence-corrected chi connectivity index (χ1v) is 6.60. The number of hydrogen-bond donors (Lipinski definition) is 2. The van der Waals surface area contributed by atoms with Crippen LogP contribution in [0.25, 0.3) is 0 Å². The molecule has 0 fully saturated rings. The van der Waals surface area contributed by atoms with Crippen LogP contribution < -0.4 is 5.32 Å². The normalized spacial score (nSPS) is 10.2. The van der Waals surface area contributed by atoms with Crippen molar-refractivity contribution in [3.63, 3.8) is 0 Å². The number of carbonyl (C=O) groups is 1. The van der Waals surface area contributed by atoms with Crippen LogP contribution in [0.1, 0.15) is 25.7 Å². The van der Waals surface area contributed by atoms with E-state index in [1.807, 2.05) is 0 Å². The van der Waals surface area contributed by atoms with Gasteiger partial charge in [0, 0.05) is 17.8 Å². The quantitative estimate of drug-likeness (QED) is 0.480. The van der Waals surface area contributed by atoms with Gasteiger partial charge in [0.2, 0.25) is 5.91 Å². The van der Waals surface area contributed by atoms with Gasteiger partial charge in [0.05, 0.1) is 5.69 Å². The van der Waals surface area contributed by atoms with Crippen molar-refractivity contribution in [2.75, 3.05) is 10.6 Å². The molecule has 2 N–H and O–H groups in total. The van der Waals surface area contributed by atoms with Gasteiger partial charge < -0.3 is 10.4 Å². The first-order valence-electron chi connectivity index (χ1n) is 5.48. The number of phenols is 1. The van der Waals surface area contributed by atoms with Crippen LogP contribution in [-0.4, -0.2) is 16.3 Å². The zero-order valence-electron chi connectivity index (χ0n) is 9.38. The lowest BCUT2D eigenvalue weighted by Gasteiger charge is -2.06. The van der Waals surface area contributed by atoms with Crippen LogP contribution in [0.2, 0.25) is 0 Å². The minimum atomic E-state index is -0.626. The minimum absolute atomic E-state index is 0.105. The predicted molar refractivity (Wildman–Crippen MR) is 69.0 cm³/mol. The summed E-state index contributed by atoms with van der Waals surface area (Å²) in [6, 6.07) is 3.66. The molecular weight excluding hydrogens is 289 g/mol. The highest BCUT2D eigenvalue weighted by atomic mass is 79.9. The number of rotatable bonds is 6. The zero-order valence-corrected chi connectivity index (χ0v) is 11.0. The molecule has 0 saturated carbocycles. The monoisotopic (exact) mass is 303 g/mol. The summed E-state index contributed by atoms with van der Waals surface area (Å²) < 4.78 is 13.3. The van der Waals surface area contributed by atoms with Crippen molar-refractivity contribution in [3.8, 4) is 5.75 Å². The topological polar surface area (TPSA) is 49.3 Å². The van der Waals surface area contributed by atoms with E-state index in [0.717, 1.165) is 30.7 Å². The number of nitrogens with one attached hydrogen (secondary N) is 1. The molecule has 0 aliphatic carbocycles. The predicted octanol–water partition coefficient (Wildman–Crippen LogP) is 3.43. The van der Waals surface area contributed by atoms with Gasteiger partial charge in [0.25, 0.3) is 0 Å². The zero-order chi connectivity index (χ0) is 12.7. The minimum Gasteiger partial charge on any atom is -0.508 e. The Labute approximate surface area is 108 Å². The molecule has 0 spiro atoms. The lowest BCUT2D eigenvalue weighted by molar-refractivity contribution is -0.116. The summed E-state index contributed by atoms with van der Waals surface area (Å²) >= 11 is 3.31. The van der Waals surface area contributed by atoms with Crippen molar-refractivity contribution < 1.29 is 14.3 Å². The number of halogens is 2. The second-order valence-electron chi connectivity index (χ2n) is 3.71. The van der Waals surface area contributed by atoms with E-state index >= 15 is 0 Å². The van der Waals surface area contributed by atoms with Crippen LogP contribution in [0.5, 0.6) is 5.75 Å².